The molecule has 2 aliphatic rings. The molecule has 2 fully saturated rings. The number of aromatic nitrogens is 1. The monoisotopic (exact) mass is 283 g/mol. The smallest absolute Gasteiger partial charge is 0.0481 e. The first-order valence-corrected chi connectivity index (χ1v) is 8.06. The predicted molar refractivity (Wildman–Crippen MR) is 87.3 cm³/mol. The highest BCUT2D eigenvalue weighted by Gasteiger charge is 2.49. The number of benzene rings is 1. The molecule has 1 aromatic carbocycles. The van der Waals surface area contributed by atoms with E-state index < -0.39 is 0 Å². The highest BCUT2D eigenvalue weighted by molar-refractivity contribution is 5.83. The molecule has 2 aromatic rings. The average molecular weight is 283 g/mol. The van der Waals surface area contributed by atoms with Gasteiger partial charge in [-0.25, -0.2) is 0 Å². The number of nitrogens with one attached hydrogen (secondary N) is 1. The van der Waals surface area contributed by atoms with Crippen molar-refractivity contribution in [2.75, 3.05) is 19.6 Å². The molecule has 3 heteroatoms. The second-order valence-corrected chi connectivity index (χ2v) is 7.34. The summed E-state index contributed by atoms with van der Waals surface area (Å²) in [4.78, 5) is 2.70. The first kappa shape index (κ1) is 13.4. The highest BCUT2D eigenvalue weighted by atomic mass is 15.2. The summed E-state index contributed by atoms with van der Waals surface area (Å²) in [7, 11) is 2.15. The van der Waals surface area contributed by atoms with Crippen LogP contribution in [0.3, 0.4) is 0 Å². The molecule has 0 spiro atoms. The topological polar surface area (TPSA) is 20.2 Å². The number of aryl methyl sites for hydroxylation is 1. The molecule has 2 saturated heterocycles. The molecule has 3 nitrogen and oxygen atoms in total. The lowest BCUT2D eigenvalue weighted by Gasteiger charge is -2.35. The van der Waals surface area contributed by atoms with Gasteiger partial charge in [0, 0.05) is 49.3 Å². The molecule has 3 heterocycles. The second kappa shape index (κ2) is 4.59. The van der Waals surface area contributed by atoms with Crippen molar-refractivity contribution in [1.82, 2.24) is 14.8 Å². The summed E-state index contributed by atoms with van der Waals surface area (Å²) in [6, 6.07) is 8.75. The predicted octanol–water partition coefficient (Wildman–Crippen LogP) is 2.61. The quantitative estimate of drug-likeness (QED) is 0.914. The first-order chi connectivity index (χ1) is 10.1. The normalized spacial score (nSPS) is 28.3. The maximum Gasteiger partial charge on any atom is 0.0481 e. The molecule has 0 bridgehead atoms. The van der Waals surface area contributed by atoms with Gasteiger partial charge in [0.2, 0.25) is 0 Å². The Labute approximate surface area is 126 Å². The minimum Gasteiger partial charge on any atom is -0.350 e. The number of hydrogen-bond donors (Lipinski definition) is 1. The second-order valence-electron chi connectivity index (χ2n) is 7.34. The summed E-state index contributed by atoms with van der Waals surface area (Å²) in [6.07, 6.45) is 2.31. The van der Waals surface area contributed by atoms with Gasteiger partial charge < -0.3 is 9.88 Å². The zero-order valence-electron chi connectivity index (χ0n) is 13.3. The number of likely N-dealkylation sites (tertiary alicyclic amines) is 1. The van der Waals surface area contributed by atoms with E-state index in [4.69, 9.17) is 0 Å². The summed E-state index contributed by atoms with van der Waals surface area (Å²) in [5, 5.41) is 4.98. The van der Waals surface area contributed by atoms with Crippen molar-refractivity contribution in [1.29, 1.82) is 0 Å². The Balaban J connectivity index is 1.66. The molecule has 0 amide bonds. The van der Waals surface area contributed by atoms with Crippen molar-refractivity contribution >= 4 is 10.9 Å². The van der Waals surface area contributed by atoms with Crippen LogP contribution in [-0.4, -0.2) is 34.6 Å². The maximum atomic E-state index is 3.57. The summed E-state index contributed by atoms with van der Waals surface area (Å²) < 4.78 is 2.26. The van der Waals surface area contributed by atoms with Gasteiger partial charge in [-0.05, 0) is 43.9 Å². The fraction of sp³-hybridized carbons (Fsp3) is 0.556. The molecule has 21 heavy (non-hydrogen) atoms. The Morgan fingerprint density at radius 1 is 1.24 bits per heavy atom. The van der Waals surface area contributed by atoms with Crippen molar-refractivity contribution in [3.8, 4) is 0 Å². The Morgan fingerprint density at radius 3 is 2.86 bits per heavy atom. The van der Waals surface area contributed by atoms with Crippen LogP contribution in [0.2, 0.25) is 0 Å². The van der Waals surface area contributed by atoms with Crippen LogP contribution in [0.1, 0.15) is 19.4 Å². The van der Waals surface area contributed by atoms with E-state index in [1.54, 1.807) is 0 Å². The number of hydrogen-bond acceptors (Lipinski definition) is 2. The molecule has 1 N–H and O–H groups in total. The van der Waals surface area contributed by atoms with E-state index >= 15 is 0 Å². The van der Waals surface area contributed by atoms with Gasteiger partial charge >= 0.3 is 0 Å². The third-order valence-electron chi connectivity index (χ3n) is 5.86. The van der Waals surface area contributed by atoms with Crippen LogP contribution in [0.4, 0.5) is 0 Å². The van der Waals surface area contributed by atoms with Crippen LogP contribution in [0.15, 0.2) is 30.5 Å². The number of nitrogens with zero attached hydrogens (tertiary/aromatic N) is 2. The number of para-hydroxylation sites is 1. The van der Waals surface area contributed by atoms with Gasteiger partial charge in [-0.2, -0.15) is 0 Å². The summed E-state index contributed by atoms with van der Waals surface area (Å²) in [5.74, 6) is 1.63. The van der Waals surface area contributed by atoms with Gasteiger partial charge in [0.25, 0.3) is 0 Å². The van der Waals surface area contributed by atoms with Gasteiger partial charge in [-0.3, -0.25) is 4.90 Å². The molecular formula is C18H25N3. The number of rotatable bonds is 2. The van der Waals surface area contributed by atoms with Crippen LogP contribution in [-0.2, 0) is 13.6 Å². The van der Waals surface area contributed by atoms with E-state index in [9.17, 15) is 0 Å². The van der Waals surface area contributed by atoms with Gasteiger partial charge in [-0.15, -0.1) is 0 Å². The van der Waals surface area contributed by atoms with Crippen LogP contribution in [0, 0.1) is 11.8 Å². The van der Waals surface area contributed by atoms with Gasteiger partial charge in [-0.1, -0.05) is 18.2 Å². The van der Waals surface area contributed by atoms with Crippen molar-refractivity contribution in [2.24, 2.45) is 18.9 Å². The molecule has 0 saturated carbocycles. The van der Waals surface area contributed by atoms with Crippen LogP contribution in [0.25, 0.3) is 10.9 Å². The van der Waals surface area contributed by atoms with E-state index in [1.807, 2.05) is 0 Å². The minimum absolute atomic E-state index is 0.297. The molecule has 0 radical (unpaired) electrons. The molecule has 0 aliphatic carbocycles. The average Bonchev–Trinajstić information content (AvgIpc) is 3.10. The minimum atomic E-state index is 0.297. The van der Waals surface area contributed by atoms with Crippen molar-refractivity contribution in [3.63, 3.8) is 0 Å². The van der Waals surface area contributed by atoms with E-state index in [0.29, 0.717) is 5.54 Å². The highest BCUT2D eigenvalue weighted by Crippen LogP contribution is 2.41. The largest absolute Gasteiger partial charge is 0.350 e. The summed E-state index contributed by atoms with van der Waals surface area (Å²) >= 11 is 0. The third kappa shape index (κ3) is 1.95. The van der Waals surface area contributed by atoms with Crippen LogP contribution >= 0.6 is 0 Å². The van der Waals surface area contributed by atoms with Crippen molar-refractivity contribution < 1.29 is 0 Å². The lowest BCUT2D eigenvalue weighted by Crippen LogP contribution is -2.43. The van der Waals surface area contributed by atoms with Gasteiger partial charge in [0.15, 0.2) is 0 Å². The van der Waals surface area contributed by atoms with Gasteiger partial charge in [0.1, 0.15) is 0 Å². The lowest BCUT2D eigenvalue weighted by atomic mass is 9.85. The molecule has 2 unspecified atom stereocenters. The molecule has 1 aromatic heterocycles. The summed E-state index contributed by atoms with van der Waals surface area (Å²) in [5.41, 5.74) is 3.10. The zero-order valence-corrected chi connectivity index (χ0v) is 13.3. The number of fused-ring (bicyclic) bond motifs is 2. The van der Waals surface area contributed by atoms with Crippen molar-refractivity contribution in [2.45, 2.75) is 25.9 Å². The maximum absolute atomic E-state index is 3.57. The molecule has 2 atom stereocenters. The first-order valence-electron chi connectivity index (χ1n) is 8.06. The summed E-state index contributed by atoms with van der Waals surface area (Å²) in [6.45, 7) is 9.53. The Morgan fingerprint density at radius 2 is 2.05 bits per heavy atom. The Hall–Kier alpha value is -1.32. The zero-order chi connectivity index (χ0) is 14.6. The van der Waals surface area contributed by atoms with Crippen molar-refractivity contribution in [3.05, 3.63) is 36.0 Å². The van der Waals surface area contributed by atoms with E-state index in [1.165, 1.54) is 36.1 Å². The molecular weight excluding hydrogens is 258 g/mol. The lowest BCUT2D eigenvalue weighted by molar-refractivity contribution is 0.132. The van der Waals surface area contributed by atoms with E-state index in [0.717, 1.165) is 18.4 Å². The third-order valence-corrected chi connectivity index (χ3v) is 5.86. The molecule has 4 rings (SSSR count). The van der Waals surface area contributed by atoms with E-state index in [-0.39, 0.29) is 0 Å². The Bertz CT molecular complexity index is 670. The van der Waals surface area contributed by atoms with Crippen LogP contribution in [0.5, 0.6) is 0 Å². The SMILES string of the molecule is Cn1cc(CN2CC3CNCC3C2(C)C)c2ccccc21. The molecule has 2 aliphatic heterocycles. The molecule has 112 valence electrons. The fourth-order valence-corrected chi connectivity index (χ4v) is 4.53. The fourth-order valence-electron chi connectivity index (χ4n) is 4.53. The van der Waals surface area contributed by atoms with Gasteiger partial charge in [0.05, 0.1) is 0 Å². The Kier molecular flexibility index (Phi) is 2.92. The van der Waals surface area contributed by atoms with E-state index in [2.05, 4.69) is 66.1 Å². The standard InChI is InChI=1S/C18H25N3/c1-18(2)16-9-19-8-13(16)11-21(18)12-14-10-20(3)17-7-5-4-6-15(14)17/h4-7,10,13,16,19H,8-9,11-12H2,1-3H3. The van der Waals surface area contributed by atoms with Crippen LogP contribution < -0.4 is 5.32 Å².